The van der Waals surface area contributed by atoms with Gasteiger partial charge in [-0.2, -0.15) is 0 Å². The molecule has 0 spiro atoms. The summed E-state index contributed by atoms with van der Waals surface area (Å²) < 4.78 is 0. The van der Waals surface area contributed by atoms with Crippen LogP contribution in [0.15, 0.2) is 72.8 Å². The largest absolute Gasteiger partial charge is 0.338 e. The number of carbonyl (C=O) groups is 1. The Hall–Kier alpha value is -3.40. The topological polar surface area (TPSA) is 57.8 Å². The number of aromatic amines is 1. The normalized spacial score (nSPS) is 10.9. The third-order valence-electron chi connectivity index (χ3n) is 4.66. The van der Waals surface area contributed by atoms with Gasteiger partial charge in [-0.3, -0.25) is 4.79 Å². The Kier molecular flexibility index (Phi) is 4.71. The van der Waals surface area contributed by atoms with Crippen LogP contribution in [0.3, 0.4) is 0 Å². The van der Waals surface area contributed by atoms with Crippen LogP contribution in [0, 0.1) is 6.92 Å². The predicted molar refractivity (Wildman–Crippen MR) is 110 cm³/mol. The zero-order valence-electron chi connectivity index (χ0n) is 15.2. The van der Waals surface area contributed by atoms with Crippen LogP contribution in [0.4, 0.5) is 5.69 Å². The average molecular weight is 355 g/mol. The molecule has 0 saturated carbocycles. The summed E-state index contributed by atoms with van der Waals surface area (Å²) in [6, 6.07) is 24.0. The molecule has 0 unspecified atom stereocenters. The SMILES string of the molecule is Cc1ccc(-c2nc3ccccc3[nH]2)cc1NC(=O)CCc1ccccc1. The number of para-hydroxylation sites is 2. The van der Waals surface area contributed by atoms with E-state index in [1.165, 1.54) is 5.56 Å². The van der Waals surface area contributed by atoms with Crippen molar-refractivity contribution in [3.8, 4) is 11.4 Å². The quantitative estimate of drug-likeness (QED) is 0.523. The van der Waals surface area contributed by atoms with Gasteiger partial charge in [0.15, 0.2) is 0 Å². The number of aryl methyl sites for hydroxylation is 2. The molecule has 2 N–H and O–H groups in total. The molecule has 0 aliphatic rings. The van der Waals surface area contributed by atoms with Crippen LogP contribution in [0.5, 0.6) is 0 Å². The zero-order chi connectivity index (χ0) is 18.6. The number of fused-ring (bicyclic) bond motifs is 1. The van der Waals surface area contributed by atoms with E-state index in [2.05, 4.69) is 15.3 Å². The molecule has 0 fully saturated rings. The predicted octanol–water partition coefficient (Wildman–Crippen LogP) is 5.11. The lowest BCUT2D eigenvalue weighted by Gasteiger charge is -2.10. The number of hydrogen-bond donors (Lipinski definition) is 2. The summed E-state index contributed by atoms with van der Waals surface area (Å²) >= 11 is 0. The highest BCUT2D eigenvalue weighted by Crippen LogP contribution is 2.25. The molecule has 134 valence electrons. The summed E-state index contributed by atoms with van der Waals surface area (Å²) in [5.74, 6) is 0.819. The van der Waals surface area contributed by atoms with Gasteiger partial charge in [0.1, 0.15) is 5.82 Å². The minimum Gasteiger partial charge on any atom is -0.338 e. The lowest BCUT2D eigenvalue weighted by molar-refractivity contribution is -0.116. The molecular weight excluding hydrogens is 334 g/mol. The molecule has 0 aliphatic carbocycles. The van der Waals surface area contributed by atoms with E-state index < -0.39 is 0 Å². The Balaban J connectivity index is 1.51. The molecule has 3 aromatic carbocycles. The first-order valence-corrected chi connectivity index (χ1v) is 9.08. The number of imidazole rings is 1. The number of H-pyrrole nitrogens is 1. The number of hydrogen-bond acceptors (Lipinski definition) is 2. The minimum absolute atomic E-state index is 0.0173. The second kappa shape index (κ2) is 7.46. The fourth-order valence-electron chi connectivity index (χ4n) is 3.11. The molecule has 4 rings (SSSR count). The third-order valence-corrected chi connectivity index (χ3v) is 4.66. The lowest BCUT2D eigenvalue weighted by Crippen LogP contribution is -2.13. The summed E-state index contributed by atoms with van der Waals surface area (Å²) in [6.07, 6.45) is 1.19. The molecule has 0 radical (unpaired) electrons. The van der Waals surface area contributed by atoms with E-state index in [0.717, 1.165) is 40.1 Å². The Morgan fingerprint density at radius 3 is 2.59 bits per heavy atom. The van der Waals surface area contributed by atoms with Crippen molar-refractivity contribution in [1.82, 2.24) is 9.97 Å². The van der Waals surface area contributed by atoms with E-state index in [1.807, 2.05) is 79.7 Å². The van der Waals surface area contributed by atoms with E-state index in [4.69, 9.17) is 0 Å². The van der Waals surface area contributed by atoms with Crippen molar-refractivity contribution in [3.05, 3.63) is 83.9 Å². The number of benzene rings is 3. The number of rotatable bonds is 5. The Labute approximate surface area is 158 Å². The first-order chi connectivity index (χ1) is 13.2. The first-order valence-electron chi connectivity index (χ1n) is 9.08. The fraction of sp³-hybridized carbons (Fsp3) is 0.130. The average Bonchev–Trinajstić information content (AvgIpc) is 3.13. The Morgan fingerprint density at radius 1 is 1.00 bits per heavy atom. The number of nitrogens with one attached hydrogen (secondary N) is 2. The van der Waals surface area contributed by atoms with Gasteiger partial charge in [-0.1, -0.05) is 54.6 Å². The molecule has 0 bridgehead atoms. The van der Waals surface area contributed by atoms with Crippen LogP contribution in [-0.2, 0) is 11.2 Å². The highest BCUT2D eigenvalue weighted by molar-refractivity contribution is 5.92. The number of carbonyl (C=O) groups excluding carboxylic acids is 1. The van der Waals surface area contributed by atoms with Crippen molar-refractivity contribution in [3.63, 3.8) is 0 Å². The Morgan fingerprint density at radius 2 is 1.78 bits per heavy atom. The maximum atomic E-state index is 12.4. The monoisotopic (exact) mass is 355 g/mol. The molecule has 1 heterocycles. The van der Waals surface area contributed by atoms with Crippen molar-refractivity contribution >= 4 is 22.6 Å². The second-order valence-corrected chi connectivity index (χ2v) is 6.67. The van der Waals surface area contributed by atoms with Crippen LogP contribution in [0.2, 0.25) is 0 Å². The second-order valence-electron chi connectivity index (χ2n) is 6.67. The smallest absolute Gasteiger partial charge is 0.224 e. The summed E-state index contributed by atoms with van der Waals surface area (Å²) in [4.78, 5) is 20.4. The van der Waals surface area contributed by atoms with Gasteiger partial charge in [0.05, 0.1) is 11.0 Å². The van der Waals surface area contributed by atoms with Crippen LogP contribution >= 0.6 is 0 Å². The van der Waals surface area contributed by atoms with Gasteiger partial charge in [-0.05, 0) is 42.7 Å². The number of anilines is 1. The van der Waals surface area contributed by atoms with Crippen molar-refractivity contribution in [1.29, 1.82) is 0 Å². The molecule has 4 aromatic rings. The summed E-state index contributed by atoms with van der Waals surface area (Å²) in [5.41, 5.74) is 5.91. The maximum Gasteiger partial charge on any atom is 0.224 e. The Bertz CT molecular complexity index is 1050. The highest BCUT2D eigenvalue weighted by atomic mass is 16.1. The lowest BCUT2D eigenvalue weighted by atomic mass is 10.1. The van der Waals surface area contributed by atoms with Gasteiger partial charge in [0.2, 0.25) is 5.91 Å². The molecule has 1 amide bonds. The van der Waals surface area contributed by atoms with Gasteiger partial charge in [0, 0.05) is 17.7 Å². The summed E-state index contributed by atoms with van der Waals surface area (Å²) in [6.45, 7) is 2.00. The molecule has 27 heavy (non-hydrogen) atoms. The molecule has 0 saturated heterocycles. The van der Waals surface area contributed by atoms with Crippen LogP contribution < -0.4 is 5.32 Å². The maximum absolute atomic E-state index is 12.4. The van der Waals surface area contributed by atoms with E-state index in [0.29, 0.717) is 6.42 Å². The highest BCUT2D eigenvalue weighted by Gasteiger charge is 2.10. The number of amides is 1. The van der Waals surface area contributed by atoms with Gasteiger partial charge in [-0.15, -0.1) is 0 Å². The molecule has 0 atom stereocenters. The molecular formula is C23H21N3O. The van der Waals surface area contributed by atoms with E-state index in [9.17, 15) is 4.79 Å². The molecule has 0 aliphatic heterocycles. The number of aromatic nitrogens is 2. The van der Waals surface area contributed by atoms with Crippen molar-refractivity contribution in [2.75, 3.05) is 5.32 Å². The van der Waals surface area contributed by atoms with Gasteiger partial charge in [0.25, 0.3) is 0 Å². The van der Waals surface area contributed by atoms with Crippen molar-refractivity contribution in [2.24, 2.45) is 0 Å². The van der Waals surface area contributed by atoms with Gasteiger partial charge < -0.3 is 10.3 Å². The van der Waals surface area contributed by atoms with Crippen LogP contribution in [0.1, 0.15) is 17.5 Å². The molecule has 4 nitrogen and oxygen atoms in total. The van der Waals surface area contributed by atoms with Gasteiger partial charge >= 0.3 is 0 Å². The first kappa shape index (κ1) is 17.0. The standard InChI is InChI=1S/C23H21N3O/c1-16-11-13-18(23-25-19-9-5-6-10-20(19)26-23)15-21(16)24-22(27)14-12-17-7-3-2-4-8-17/h2-11,13,15H,12,14H2,1H3,(H,24,27)(H,25,26). The van der Waals surface area contributed by atoms with E-state index in [-0.39, 0.29) is 5.91 Å². The van der Waals surface area contributed by atoms with Crippen molar-refractivity contribution in [2.45, 2.75) is 19.8 Å². The van der Waals surface area contributed by atoms with Crippen molar-refractivity contribution < 1.29 is 4.79 Å². The van der Waals surface area contributed by atoms with Gasteiger partial charge in [-0.25, -0.2) is 4.98 Å². The summed E-state index contributed by atoms with van der Waals surface area (Å²) in [7, 11) is 0. The fourth-order valence-corrected chi connectivity index (χ4v) is 3.11. The third kappa shape index (κ3) is 3.90. The van der Waals surface area contributed by atoms with E-state index >= 15 is 0 Å². The van der Waals surface area contributed by atoms with E-state index in [1.54, 1.807) is 0 Å². The summed E-state index contributed by atoms with van der Waals surface area (Å²) in [5, 5.41) is 3.04. The minimum atomic E-state index is 0.0173. The molecule has 4 heteroatoms. The van der Waals surface area contributed by atoms with Crippen LogP contribution in [-0.4, -0.2) is 15.9 Å². The number of nitrogens with zero attached hydrogens (tertiary/aromatic N) is 1. The zero-order valence-corrected chi connectivity index (χ0v) is 15.2. The molecule has 1 aromatic heterocycles. The van der Waals surface area contributed by atoms with Crippen LogP contribution in [0.25, 0.3) is 22.4 Å².